The fraction of sp³-hybridized carbons (Fsp3) is 1.00. The van der Waals surface area contributed by atoms with Crippen LogP contribution in [0.15, 0.2) is 0 Å². The molecule has 0 unspecified atom stereocenters. The average Bonchev–Trinajstić information content (AvgIpc) is 2.85. The lowest BCUT2D eigenvalue weighted by atomic mass is 9.82. The van der Waals surface area contributed by atoms with Gasteiger partial charge in [0.25, 0.3) is 0 Å². The molecular weight excluding hydrogens is 146 g/mol. The lowest BCUT2D eigenvalue weighted by molar-refractivity contribution is 0.273. The second kappa shape index (κ2) is 4.27. The maximum Gasteiger partial charge on any atom is -0.00179 e. The van der Waals surface area contributed by atoms with Crippen molar-refractivity contribution in [2.75, 3.05) is 6.54 Å². The van der Waals surface area contributed by atoms with Gasteiger partial charge in [0.05, 0.1) is 0 Å². The molecule has 0 atom stereocenters. The molecule has 0 aromatic heterocycles. The van der Waals surface area contributed by atoms with Crippen LogP contribution in [0.4, 0.5) is 0 Å². The smallest absolute Gasteiger partial charge is 0.00179 e. The van der Waals surface area contributed by atoms with E-state index in [9.17, 15) is 0 Å². The molecule has 1 rings (SSSR count). The summed E-state index contributed by atoms with van der Waals surface area (Å²) in [6, 6.07) is 0. The molecule has 1 aliphatic carbocycles. The summed E-state index contributed by atoms with van der Waals surface area (Å²) in [5, 5.41) is 0. The predicted octanol–water partition coefficient (Wildman–Crippen LogP) is 2.94. The van der Waals surface area contributed by atoms with Gasteiger partial charge in [0.2, 0.25) is 0 Å². The highest BCUT2D eigenvalue weighted by molar-refractivity contribution is 4.98. The van der Waals surface area contributed by atoms with E-state index >= 15 is 0 Å². The monoisotopic (exact) mass is 169 g/mol. The highest BCUT2D eigenvalue weighted by Gasteiger charge is 2.46. The van der Waals surface area contributed by atoms with E-state index in [1.165, 1.54) is 38.5 Å². The fourth-order valence-electron chi connectivity index (χ4n) is 2.39. The van der Waals surface area contributed by atoms with Crippen LogP contribution < -0.4 is 5.73 Å². The predicted molar refractivity (Wildman–Crippen MR) is 54.0 cm³/mol. The molecule has 2 N–H and O–H groups in total. The van der Waals surface area contributed by atoms with Gasteiger partial charge in [-0.05, 0) is 30.7 Å². The van der Waals surface area contributed by atoms with Gasteiger partial charge < -0.3 is 5.73 Å². The zero-order valence-electron chi connectivity index (χ0n) is 8.60. The van der Waals surface area contributed by atoms with Crippen molar-refractivity contribution in [1.29, 1.82) is 0 Å². The van der Waals surface area contributed by atoms with Gasteiger partial charge in [0, 0.05) is 0 Å². The maximum atomic E-state index is 5.83. The molecule has 0 aliphatic heterocycles. The van der Waals surface area contributed by atoms with E-state index in [2.05, 4.69) is 13.8 Å². The van der Waals surface area contributed by atoms with Crippen molar-refractivity contribution in [3.05, 3.63) is 0 Å². The summed E-state index contributed by atoms with van der Waals surface area (Å²) in [5.41, 5.74) is 6.42. The number of rotatable bonds is 6. The standard InChI is InChI=1S/C11H23N/c1-3-5-10(6-4-2)11(9-12)7-8-11/h10H,3-9,12H2,1-2H3. The van der Waals surface area contributed by atoms with Crippen molar-refractivity contribution in [3.63, 3.8) is 0 Å². The van der Waals surface area contributed by atoms with Crippen LogP contribution in [0, 0.1) is 11.3 Å². The molecule has 72 valence electrons. The van der Waals surface area contributed by atoms with Gasteiger partial charge in [0.1, 0.15) is 0 Å². The third-order valence-electron chi connectivity index (χ3n) is 3.44. The fourth-order valence-corrected chi connectivity index (χ4v) is 2.39. The topological polar surface area (TPSA) is 26.0 Å². The van der Waals surface area contributed by atoms with Gasteiger partial charge in [-0.1, -0.05) is 39.5 Å². The molecule has 0 spiro atoms. The van der Waals surface area contributed by atoms with E-state index in [1.54, 1.807) is 0 Å². The summed E-state index contributed by atoms with van der Waals surface area (Å²) < 4.78 is 0. The second-order valence-electron chi connectivity index (χ2n) is 4.34. The first-order valence-corrected chi connectivity index (χ1v) is 5.49. The van der Waals surface area contributed by atoms with E-state index in [0.29, 0.717) is 5.41 Å². The molecule has 1 heteroatoms. The summed E-state index contributed by atoms with van der Waals surface area (Å²) in [7, 11) is 0. The SMILES string of the molecule is CCCC(CCC)C1(CN)CC1. The highest BCUT2D eigenvalue weighted by Crippen LogP contribution is 2.54. The van der Waals surface area contributed by atoms with Crippen molar-refractivity contribution in [2.45, 2.75) is 52.4 Å². The maximum absolute atomic E-state index is 5.83. The molecule has 0 amide bonds. The lowest BCUT2D eigenvalue weighted by Gasteiger charge is -2.24. The van der Waals surface area contributed by atoms with Gasteiger partial charge >= 0.3 is 0 Å². The Morgan fingerprint density at radius 3 is 1.92 bits per heavy atom. The molecule has 0 saturated heterocycles. The number of nitrogens with two attached hydrogens (primary N) is 1. The molecule has 0 radical (unpaired) electrons. The molecular formula is C11H23N. The molecule has 1 aliphatic rings. The van der Waals surface area contributed by atoms with Crippen LogP contribution in [-0.2, 0) is 0 Å². The Balaban J connectivity index is 2.41. The summed E-state index contributed by atoms with van der Waals surface area (Å²) in [6.07, 6.45) is 8.23. The van der Waals surface area contributed by atoms with E-state index in [1.807, 2.05) is 0 Å². The van der Waals surface area contributed by atoms with E-state index in [4.69, 9.17) is 5.73 Å². The first kappa shape index (κ1) is 10.0. The Bertz CT molecular complexity index is 121. The van der Waals surface area contributed by atoms with Crippen LogP contribution >= 0.6 is 0 Å². The Morgan fingerprint density at radius 1 is 1.17 bits per heavy atom. The Kier molecular flexibility index (Phi) is 3.57. The minimum atomic E-state index is 0.589. The van der Waals surface area contributed by atoms with Crippen molar-refractivity contribution in [2.24, 2.45) is 17.1 Å². The second-order valence-corrected chi connectivity index (χ2v) is 4.34. The van der Waals surface area contributed by atoms with Crippen LogP contribution in [0.3, 0.4) is 0 Å². The normalized spacial score (nSPS) is 20.0. The third-order valence-corrected chi connectivity index (χ3v) is 3.44. The summed E-state index contributed by atoms with van der Waals surface area (Å²) >= 11 is 0. The lowest BCUT2D eigenvalue weighted by Crippen LogP contribution is -2.25. The summed E-state index contributed by atoms with van der Waals surface area (Å²) in [4.78, 5) is 0. The molecule has 0 heterocycles. The third kappa shape index (κ3) is 2.01. The van der Waals surface area contributed by atoms with Crippen LogP contribution in [-0.4, -0.2) is 6.54 Å². The minimum absolute atomic E-state index is 0.589. The number of hydrogen-bond donors (Lipinski definition) is 1. The largest absolute Gasteiger partial charge is 0.330 e. The van der Waals surface area contributed by atoms with Crippen LogP contribution in [0.25, 0.3) is 0 Å². The van der Waals surface area contributed by atoms with Gasteiger partial charge in [-0.3, -0.25) is 0 Å². The summed E-state index contributed by atoms with van der Waals surface area (Å²) in [5.74, 6) is 0.928. The Hall–Kier alpha value is -0.0400. The van der Waals surface area contributed by atoms with Gasteiger partial charge in [-0.2, -0.15) is 0 Å². The van der Waals surface area contributed by atoms with Crippen molar-refractivity contribution < 1.29 is 0 Å². The van der Waals surface area contributed by atoms with E-state index in [0.717, 1.165) is 12.5 Å². The zero-order chi connectivity index (χ0) is 9.03. The molecule has 0 aromatic rings. The van der Waals surface area contributed by atoms with E-state index < -0.39 is 0 Å². The molecule has 0 bridgehead atoms. The molecule has 1 fully saturated rings. The molecule has 0 aromatic carbocycles. The first-order valence-electron chi connectivity index (χ1n) is 5.49. The Labute approximate surface area is 76.7 Å². The molecule has 1 saturated carbocycles. The van der Waals surface area contributed by atoms with E-state index in [-0.39, 0.29) is 0 Å². The van der Waals surface area contributed by atoms with Crippen molar-refractivity contribution in [1.82, 2.24) is 0 Å². The average molecular weight is 169 g/mol. The van der Waals surface area contributed by atoms with Crippen molar-refractivity contribution in [3.8, 4) is 0 Å². The van der Waals surface area contributed by atoms with Crippen LogP contribution in [0.5, 0.6) is 0 Å². The van der Waals surface area contributed by atoms with Crippen LogP contribution in [0.1, 0.15) is 52.4 Å². The van der Waals surface area contributed by atoms with Gasteiger partial charge in [0.15, 0.2) is 0 Å². The van der Waals surface area contributed by atoms with Crippen LogP contribution in [0.2, 0.25) is 0 Å². The number of hydrogen-bond acceptors (Lipinski definition) is 1. The summed E-state index contributed by atoms with van der Waals surface area (Å²) in [6.45, 7) is 5.50. The molecule has 12 heavy (non-hydrogen) atoms. The first-order chi connectivity index (χ1) is 5.79. The molecule has 1 nitrogen and oxygen atoms in total. The highest BCUT2D eigenvalue weighted by atomic mass is 14.7. The Morgan fingerprint density at radius 2 is 1.67 bits per heavy atom. The minimum Gasteiger partial charge on any atom is -0.330 e. The van der Waals surface area contributed by atoms with Gasteiger partial charge in [-0.25, -0.2) is 0 Å². The van der Waals surface area contributed by atoms with Gasteiger partial charge in [-0.15, -0.1) is 0 Å². The zero-order valence-corrected chi connectivity index (χ0v) is 8.60. The quantitative estimate of drug-likeness (QED) is 0.650. The van der Waals surface area contributed by atoms with Crippen molar-refractivity contribution >= 4 is 0 Å².